The van der Waals surface area contributed by atoms with Gasteiger partial charge in [0.25, 0.3) is 0 Å². The lowest BCUT2D eigenvalue weighted by molar-refractivity contribution is 0.607. The first-order valence-corrected chi connectivity index (χ1v) is 9.66. The SMILES string of the molecule is Cc1nnc(CN=C(NCCCc2ccccc2)NC2CCCC2)n1C.I. The van der Waals surface area contributed by atoms with Crippen LogP contribution in [0.1, 0.15) is 49.3 Å². The maximum Gasteiger partial charge on any atom is 0.191 e. The lowest BCUT2D eigenvalue weighted by atomic mass is 10.1. The van der Waals surface area contributed by atoms with E-state index in [1.165, 1.54) is 31.2 Å². The molecule has 1 aliphatic carbocycles. The van der Waals surface area contributed by atoms with E-state index in [4.69, 9.17) is 4.99 Å². The van der Waals surface area contributed by atoms with Gasteiger partial charge in [-0.2, -0.15) is 0 Å². The lowest BCUT2D eigenvalue weighted by Crippen LogP contribution is -2.42. The number of guanidine groups is 1. The van der Waals surface area contributed by atoms with Gasteiger partial charge < -0.3 is 15.2 Å². The van der Waals surface area contributed by atoms with Gasteiger partial charge in [0.15, 0.2) is 11.8 Å². The standard InChI is InChI=1S/C20H30N6.HI/c1-16-24-25-19(26(16)2)15-22-20(23-18-12-6-7-13-18)21-14-8-11-17-9-4-3-5-10-17;/h3-5,9-10,18H,6-8,11-15H2,1-2H3,(H2,21,22,23);1H. The van der Waals surface area contributed by atoms with E-state index in [0.29, 0.717) is 12.6 Å². The lowest BCUT2D eigenvalue weighted by Gasteiger charge is -2.17. The minimum atomic E-state index is 0. The number of hydrogen-bond acceptors (Lipinski definition) is 3. The fourth-order valence-corrected chi connectivity index (χ4v) is 3.30. The summed E-state index contributed by atoms with van der Waals surface area (Å²) in [6.07, 6.45) is 7.23. The number of aromatic nitrogens is 3. The summed E-state index contributed by atoms with van der Waals surface area (Å²) < 4.78 is 1.99. The van der Waals surface area contributed by atoms with E-state index in [-0.39, 0.29) is 24.0 Å². The molecule has 0 radical (unpaired) electrons. The minimum Gasteiger partial charge on any atom is -0.356 e. The third-order valence-electron chi connectivity index (χ3n) is 5.03. The van der Waals surface area contributed by atoms with E-state index in [9.17, 15) is 0 Å². The molecule has 3 rings (SSSR count). The Morgan fingerprint density at radius 2 is 1.93 bits per heavy atom. The van der Waals surface area contributed by atoms with Crippen LogP contribution in [0.25, 0.3) is 0 Å². The largest absolute Gasteiger partial charge is 0.356 e. The van der Waals surface area contributed by atoms with Crippen molar-refractivity contribution in [2.24, 2.45) is 12.0 Å². The number of rotatable bonds is 7. The van der Waals surface area contributed by atoms with Crippen LogP contribution in [0, 0.1) is 6.92 Å². The Morgan fingerprint density at radius 3 is 2.59 bits per heavy atom. The number of nitrogens with one attached hydrogen (secondary N) is 2. The highest BCUT2D eigenvalue weighted by Crippen LogP contribution is 2.17. The Labute approximate surface area is 179 Å². The zero-order valence-corrected chi connectivity index (χ0v) is 18.6. The third-order valence-corrected chi connectivity index (χ3v) is 5.03. The molecule has 6 nitrogen and oxygen atoms in total. The molecule has 0 bridgehead atoms. The quantitative estimate of drug-likeness (QED) is 0.275. The first kappa shape index (κ1) is 21.7. The van der Waals surface area contributed by atoms with E-state index in [0.717, 1.165) is 37.0 Å². The van der Waals surface area contributed by atoms with Crippen molar-refractivity contribution in [3.8, 4) is 0 Å². The van der Waals surface area contributed by atoms with Crippen molar-refractivity contribution in [2.75, 3.05) is 6.54 Å². The second kappa shape index (κ2) is 11.3. The molecule has 0 atom stereocenters. The van der Waals surface area contributed by atoms with Crippen LogP contribution < -0.4 is 10.6 Å². The highest BCUT2D eigenvalue weighted by atomic mass is 127. The molecule has 2 aromatic rings. The molecule has 1 aromatic carbocycles. The van der Waals surface area contributed by atoms with Crippen LogP contribution in [0.4, 0.5) is 0 Å². The number of aliphatic imine (C=N–C) groups is 1. The Morgan fingerprint density at radius 1 is 1.19 bits per heavy atom. The van der Waals surface area contributed by atoms with Gasteiger partial charge in [0.05, 0.1) is 0 Å². The molecule has 0 aliphatic heterocycles. The fourth-order valence-electron chi connectivity index (χ4n) is 3.30. The summed E-state index contributed by atoms with van der Waals surface area (Å²) in [5, 5.41) is 15.4. The van der Waals surface area contributed by atoms with Gasteiger partial charge in [-0.25, -0.2) is 4.99 Å². The maximum absolute atomic E-state index is 4.75. The van der Waals surface area contributed by atoms with Crippen LogP contribution in [-0.2, 0) is 20.0 Å². The maximum atomic E-state index is 4.75. The summed E-state index contributed by atoms with van der Waals surface area (Å²) in [6.45, 7) is 3.41. The molecule has 1 heterocycles. The van der Waals surface area contributed by atoms with Crippen molar-refractivity contribution in [1.82, 2.24) is 25.4 Å². The van der Waals surface area contributed by atoms with E-state index in [1.54, 1.807) is 0 Å². The predicted molar refractivity (Wildman–Crippen MR) is 120 cm³/mol. The molecule has 148 valence electrons. The highest BCUT2D eigenvalue weighted by Gasteiger charge is 2.16. The van der Waals surface area contributed by atoms with Gasteiger partial charge in [-0.1, -0.05) is 43.2 Å². The average Bonchev–Trinajstić information content (AvgIpc) is 3.28. The zero-order valence-electron chi connectivity index (χ0n) is 16.3. The van der Waals surface area contributed by atoms with Gasteiger partial charge in [-0.3, -0.25) is 0 Å². The second-order valence-corrected chi connectivity index (χ2v) is 7.03. The topological polar surface area (TPSA) is 67.1 Å². The molecule has 0 unspecified atom stereocenters. The Balaban J connectivity index is 0.00000261. The Bertz CT molecular complexity index is 707. The smallest absolute Gasteiger partial charge is 0.191 e. The van der Waals surface area contributed by atoms with Crippen molar-refractivity contribution >= 4 is 29.9 Å². The molecule has 1 saturated carbocycles. The van der Waals surface area contributed by atoms with Crippen LogP contribution in [0.3, 0.4) is 0 Å². The van der Waals surface area contributed by atoms with E-state index in [1.807, 2.05) is 18.5 Å². The molecular weight excluding hydrogens is 451 g/mol. The third kappa shape index (κ3) is 6.79. The van der Waals surface area contributed by atoms with E-state index >= 15 is 0 Å². The van der Waals surface area contributed by atoms with Crippen LogP contribution in [0.5, 0.6) is 0 Å². The van der Waals surface area contributed by atoms with Gasteiger partial charge in [0, 0.05) is 19.6 Å². The van der Waals surface area contributed by atoms with E-state index in [2.05, 4.69) is 51.2 Å². The highest BCUT2D eigenvalue weighted by molar-refractivity contribution is 14.0. The molecule has 0 amide bonds. The number of hydrogen-bond donors (Lipinski definition) is 2. The summed E-state index contributed by atoms with van der Waals surface area (Å²) in [5.41, 5.74) is 1.38. The van der Waals surface area contributed by atoms with Gasteiger partial charge in [-0.05, 0) is 38.2 Å². The number of aryl methyl sites for hydroxylation is 2. The normalized spacial score (nSPS) is 14.8. The Hall–Kier alpha value is -1.64. The van der Waals surface area contributed by atoms with Gasteiger partial charge in [0.1, 0.15) is 12.4 Å². The zero-order chi connectivity index (χ0) is 18.2. The van der Waals surface area contributed by atoms with Crippen molar-refractivity contribution in [3.05, 3.63) is 47.5 Å². The number of halogens is 1. The first-order valence-electron chi connectivity index (χ1n) is 9.66. The molecule has 2 N–H and O–H groups in total. The van der Waals surface area contributed by atoms with Crippen LogP contribution >= 0.6 is 24.0 Å². The summed E-state index contributed by atoms with van der Waals surface area (Å²) >= 11 is 0. The predicted octanol–water partition coefficient (Wildman–Crippen LogP) is 3.35. The number of nitrogens with zero attached hydrogens (tertiary/aromatic N) is 4. The van der Waals surface area contributed by atoms with Gasteiger partial charge in [0.2, 0.25) is 0 Å². The van der Waals surface area contributed by atoms with Crippen molar-refractivity contribution < 1.29 is 0 Å². The minimum absolute atomic E-state index is 0. The molecule has 1 aromatic heterocycles. The van der Waals surface area contributed by atoms with Crippen LogP contribution in [-0.4, -0.2) is 33.3 Å². The molecular formula is C20H31IN6. The molecule has 1 fully saturated rings. The average molecular weight is 482 g/mol. The van der Waals surface area contributed by atoms with E-state index < -0.39 is 0 Å². The summed E-state index contributed by atoms with van der Waals surface area (Å²) in [6, 6.07) is 11.2. The van der Waals surface area contributed by atoms with Gasteiger partial charge >= 0.3 is 0 Å². The van der Waals surface area contributed by atoms with Crippen LogP contribution in [0.2, 0.25) is 0 Å². The molecule has 7 heteroatoms. The molecule has 0 saturated heterocycles. The van der Waals surface area contributed by atoms with Gasteiger partial charge in [-0.15, -0.1) is 34.2 Å². The molecule has 0 spiro atoms. The van der Waals surface area contributed by atoms with Crippen molar-refractivity contribution in [2.45, 2.75) is 58.0 Å². The first-order chi connectivity index (χ1) is 12.7. The summed E-state index contributed by atoms with van der Waals surface area (Å²) in [5.74, 6) is 2.70. The van der Waals surface area contributed by atoms with Crippen molar-refractivity contribution in [3.63, 3.8) is 0 Å². The number of benzene rings is 1. The summed E-state index contributed by atoms with van der Waals surface area (Å²) in [7, 11) is 1.98. The summed E-state index contributed by atoms with van der Waals surface area (Å²) in [4.78, 5) is 4.75. The van der Waals surface area contributed by atoms with Crippen LogP contribution in [0.15, 0.2) is 35.3 Å². The monoisotopic (exact) mass is 482 g/mol. The molecule has 27 heavy (non-hydrogen) atoms. The Kier molecular flexibility index (Phi) is 9.03. The van der Waals surface area contributed by atoms with Crippen molar-refractivity contribution in [1.29, 1.82) is 0 Å². The second-order valence-electron chi connectivity index (χ2n) is 7.03. The molecule has 1 aliphatic rings. The fraction of sp³-hybridized carbons (Fsp3) is 0.550.